The van der Waals surface area contributed by atoms with Crippen molar-refractivity contribution in [2.45, 2.75) is 38.8 Å². The van der Waals surface area contributed by atoms with Crippen molar-refractivity contribution in [2.75, 3.05) is 0 Å². The van der Waals surface area contributed by atoms with Gasteiger partial charge in [0.15, 0.2) is 17.5 Å². The molecule has 1 fully saturated rings. The van der Waals surface area contributed by atoms with Crippen LogP contribution in [0.5, 0.6) is 0 Å². The van der Waals surface area contributed by atoms with Gasteiger partial charge in [0.1, 0.15) is 0 Å². The van der Waals surface area contributed by atoms with Gasteiger partial charge in [-0.1, -0.05) is 0 Å². The average molecular weight is 243 g/mol. The topological polar surface area (TPSA) is 12.0 Å². The number of hydrogen-bond donors (Lipinski definition) is 1. The number of rotatable bonds is 4. The predicted molar refractivity (Wildman–Crippen MR) is 60.0 cm³/mol. The third-order valence-electron chi connectivity index (χ3n) is 3.39. The maximum Gasteiger partial charge on any atom is 0.194 e. The van der Waals surface area contributed by atoms with Crippen LogP contribution in [0.3, 0.4) is 0 Å². The molecule has 1 aromatic carbocycles. The summed E-state index contributed by atoms with van der Waals surface area (Å²) in [6.45, 7) is 4.49. The molecule has 0 atom stereocenters. The zero-order chi connectivity index (χ0) is 12.6. The first kappa shape index (κ1) is 12.4. The van der Waals surface area contributed by atoms with Crippen molar-refractivity contribution < 1.29 is 13.2 Å². The molecule has 0 bridgehead atoms. The second kappa shape index (κ2) is 4.33. The van der Waals surface area contributed by atoms with Crippen LogP contribution in [0.2, 0.25) is 0 Å². The summed E-state index contributed by atoms with van der Waals surface area (Å²) in [5.41, 5.74) is 0.386. The van der Waals surface area contributed by atoms with E-state index in [1.54, 1.807) is 0 Å². The summed E-state index contributed by atoms with van der Waals surface area (Å²) in [7, 11) is 0. The third-order valence-corrected chi connectivity index (χ3v) is 3.39. The van der Waals surface area contributed by atoms with Gasteiger partial charge in [0.05, 0.1) is 0 Å². The van der Waals surface area contributed by atoms with E-state index in [0.29, 0.717) is 18.0 Å². The van der Waals surface area contributed by atoms with E-state index < -0.39 is 17.5 Å². The van der Waals surface area contributed by atoms with Crippen LogP contribution >= 0.6 is 0 Å². The molecule has 1 aliphatic rings. The highest BCUT2D eigenvalue weighted by atomic mass is 19.2. The van der Waals surface area contributed by atoms with Crippen LogP contribution in [0.25, 0.3) is 0 Å². The van der Waals surface area contributed by atoms with Gasteiger partial charge >= 0.3 is 0 Å². The number of halogens is 3. The lowest BCUT2D eigenvalue weighted by Gasteiger charge is -2.26. The Balaban J connectivity index is 2.04. The highest BCUT2D eigenvalue weighted by Gasteiger charge is 2.37. The largest absolute Gasteiger partial charge is 0.307 e. The molecule has 0 amide bonds. The summed E-state index contributed by atoms with van der Waals surface area (Å²) in [4.78, 5) is 0. The standard InChI is InChI=1S/C13H16F3N/c1-13(2,9-3-4-9)17-7-8-5-10(14)12(16)11(15)6-8/h5-6,9,17H,3-4,7H2,1-2H3. The van der Waals surface area contributed by atoms with Gasteiger partial charge in [0, 0.05) is 12.1 Å². The Bertz CT molecular complexity index is 402. The molecule has 1 aliphatic carbocycles. The van der Waals surface area contributed by atoms with Gasteiger partial charge in [-0.05, 0) is 50.3 Å². The maximum absolute atomic E-state index is 13.0. The van der Waals surface area contributed by atoms with Crippen LogP contribution < -0.4 is 5.32 Å². The molecule has 0 spiro atoms. The summed E-state index contributed by atoms with van der Waals surface area (Å²) < 4.78 is 38.7. The van der Waals surface area contributed by atoms with E-state index in [0.717, 1.165) is 12.1 Å². The molecule has 17 heavy (non-hydrogen) atoms. The zero-order valence-electron chi connectivity index (χ0n) is 9.99. The molecule has 94 valence electrons. The fraction of sp³-hybridized carbons (Fsp3) is 0.538. The van der Waals surface area contributed by atoms with Crippen LogP contribution in [-0.4, -0.2) is 5.54 Å². The normalized spacial score (nSPS) is 16.3. The average Bonchev–Trinajstić information content (AvgIpc) is 3.06. The fourth-order valence-corrected chi connectivity index (χ4v) is 1.99. The van der Waals surface area contributed by atoms with E-state index in [1.807, 2.05) is 0 Å². The molecule has 1 aromatic rings. The molecule has 0 saturated heterocycles. The molecule has 4 heteroatoms. The van der Waals surface area contributed by atoms with E-state index in [-0.39, 0.29) is 5.54 Å². The SMILES string of the molecule is CC(C)(NCc1cc(F)c(F)c(F)c1)C1CC1. The number of nitrogens with one attached hydrogen (secondary N) is 1. The highest BCUT2D eigenvalue weighted by molar-refractivity contribution is 5.19. The highest BCUT2D eigenvalue weighted by Crippen LogP contribution is 2.39. The molecule has 1 N–H and O–H groups in total. The Morgan fingerprint density at radius 1 is 1.18 bits per heavy atom. The van der Waals surface area contributed by atoms with Gasteiger partial charge in [-0.3, -0.25) is 0 Å². The summed E-state index contributed by atoms with van der Waals surface area (Å²) in [5, 5.41) is 3.26. The van der Waals surface area contributed by atoms with Gasteiger partial charge < -0.3 is 5.32 Å². The van der Waals surface area contributed by atoms with Crippen molar-refractivity contribution in [3.8, 4) is 0 Å². The van der Waals surface area contributed by atoms with E-state index in [2.05, 4.69) is 19.2 Å². The van der Waals surface area contributed by atoms with E-state index in [1.165, 1.54) is 12.8 Å². The first-order valence-electron chi connectivity index (χ1n) is 5.78. The number of benzene rings is 1. The minimum atomic E-state index is -1.41. The number of hydrogen-bond acceptors (Lipinski definition) is 1. The molecule has 1 nitrogen and oxygen atoms in total. The van der Waals surface area contributed by atoms with Crippen LogP contribution in [0, 0.1) is 23.4 Å². The first-order chi connectivity index (χ1) is 7.90. The quantitative estimate of drug-likeness (QED) is 0.799. The van der Waals surface area contributed by atoms with Gasteiger partial charge in [-0.15, -0.1) is 0 Å². The van der Waals surface area contributed by atoms with Crippen LogP contribution in [0.4, 0.5) is 13.2 Å². The van der Waals surface area contributed by atoms with Crippen molar-refractivity contribution in [3.05, 3.63) is 35.1 Å². The molecule has 1 saturated carbocycles. The Morgan fingerprint density at radius 3 is 2.18 bits per heavy atom. The minimum absolute atomic E-state index is 0.0403. The van der Waals surface area contributed by atoms with Gasteiger partial charge in [0.25, 0.3) is 0 Å². The van der Waals surface area contributed by atoms with Crippen molar-refractivity contribution in [3.63, 3.8) is 0 Å². The molecule has 0 unspecified atom stereocenters. The van der Waals surface area contributed by atoms with Crippen molar-refractivity contribution >= 4 is 0 Å². The van der Waals surface area contributed by atoms with E-state index in [4.69, 9.17) is 0 Å². The van der Waals surface area contributed by atoms with Crippen LogP contribution in [0.1, 0.15) is 32.3 Å². The second-order valence-electron chi connectivity index (χ2n) is 5.22. The third kappa shape index (κ3) is 2.80. The molecule has 0 aliphatic heterocycles. The van der Waals surface area contributed by atoms with E-state index in [9.17, 15) is 13.2 Å². The van der Waals surface area contributed by atoms with E-state index >= 15 is 0 Å². The second-order valence-corrected chi connectivity index (χ2v) is 5.22. The summed E-state index contributed by atoms with van der Waals surface area (Å²) in [6.07, 6.45) is 2.37. The van der Waals surface area contributed by atoms with Crippen molar-refractivity contribution in [1.29, 1.82) is 0 Å². The van der Waals surface area contributed by atoms with Gasteiger partial charge in [-0.25, -0.2) is 13.2 Å². The Hall–Kier alpha value is -1.03. The molecule has 0 radical (unpaired) electrons. The Kier molecular flexibility index (Phi) is 3.17. The van der Waals surface area contributed by atoms with Crippen molar-refractivity contribution in [1.82, 2.24) is 5.32 Å². The Morgan fingerprint density at radius 2 is 1.71 bits per heavy atom. The monoisotopic (exact) mass is 243 g/mol. The Labute approximate surface area is 99.0 Å². The van der Waals surface area contributed by atoms with Crippen LogP contribution in [0.15, 0.2) is 12.1 Å². The van der Waals surface area contributed by atoms with Crippen molar-refractivity contribution in [2.24, 2.45) is 5.92 Å². The van der Waals surface area contributed by atoms with Crippen LogP contribution in [-0.2, 0) is 6.54 Å². The predicted octanol–water partition coefficient (Wildman–Crippen LogP) is 3.38. The minimum Gasteiger partial charge on any atom is -0.307 e. The molecular formula is C13H16F3N. The molecular weight excluding hydrogens is 227 g/mol. The van der Waals surface area contributed by atoms with Gasteiger partial charge in [0.2, 0.25) is 0 Å². The maximum atomic E-state index is 13.0. The summed E-state index contributed by atoms with van der Waals surface area (Å²) in [6, 6.07) is 2.07. The lowest BCUT2D eigenvalue weighted by atomic mass is 9.98. The molecule has 2 rings (SSSR count). The molecule has 0 heterocycles. The smallest absolute Gasteiger partial charge is 0.194 e. The fourth-order valence-electron chi connectivity index (χ4n) is 1.99. The molecule has 0 aromatic heterocycles. The lowest BCUT2D eigenvalue weighted by Crippen LogP contribution is -2.40. The lowest BCUT2D eigenvalue weighted by molar-refractivity contribution is 0.338. The summed E-state index contributed by atoms with van der Waals surface area (Å²) in [5.74, 6) is -3.05. The first-order valence-corrected chi connectivity index (χ1v) is 5.78. The van der Waals surface area contributed by atoms with Gasteiger partial charge in [-0.2, -0.15) is 0 Å². The zero-order valence-corrected chi connectivity index (χ0v) is 9.99. The summed E-state index contributed by atoms with van der Waals surface area (Å²) >= 11 is 0.